The highest BCUT2D eigenvalue weighted by atomic mass is 32.3. The van der Waals surface area contributed by atoms with Gasteiger partial charge >= 0.3 is 16.2 Å². The quantitative estimate of drug-likeness (QED) is 0.592. The molecule has 88 valence electrons. The fourth-order valence-electron chi connectivity index (χ4n) is 1.12. The SMILES string of the molecule is COC(=O)c1cc(OC)ccc1S(=O)(=O)F. The predicted octanol–water partition coefficient (Wildman–Crippen LogP) is 1.14. The second-order valence-corrected chi connectivity index (χ2v) is 4.11. The Hall–Kier alpha value is -1.63. The molecular weight excluding hydrogens is 239 g/mol. The van der Waals surface area contributed by atoms with Crippen molar-refractivity contribution in [3.63, 3.8) is 0 Å². The van der Waals surface area contributed by atoms with E-state index in [9.17, 15) is 17.1 Å². The molecule has 5 nitrogen and oxygen atoms in total. The molecule has 0 aliphatic rings. The first-order valence-corrected chi connectivity index (χ1v) is 5.49. The molecule has 7 heteroatoms. The molecule has 0 radical (unpaired) electrons. The van der Waals surface area contributed by atoms with Crippen LogP contribution in [-0.2, 0) is 15.0 Å². The van der Waals surface area contributed by atoms with Crippen molar-refractivity contribution in [2.45, 2.75) is 4.90 Å². The number of hydrogen-bond donors (Lipinski definition) is 0. The topological polar surface area (TPSA) is 69.7 Å². The molecule has 0 aliphatic heterocycles. The second kappa shape index (κ2) is 4.48. The minimum absolute atomic E-state index is 0.229. The Morgan fingerprint density at radius 1 is 1.31 bits per heavy atom. The van der Waals surface area contributed by atoms with Gasteiger partial charge in [0.05, 0.1) is 19.8 Å². The molecule has 16 heavy (non-hydrogen) atoms. The molecule has 1 aromatic carbocycles. The summed E-state index contributed by atoms with van der Waals surface area (Å²) in [5.41, 5.74) is -0.399. The summed E-state index contributed by atoms with van der Waals surface area (Å²) in [6.07, 6.45) is 0. The Balaban J connectivity index is 3.45. The Morgan fingerprint density at radius 2 is 1.94 bits per heavy atom. The molecule has 0 saturated carbocycles. The molecule has 0 aliphatic carbocycles. The average Bonchev–Trinajstić information content (AvgIpc) is 2.25. The van der Waals surface area contributed by atoms with Crippen LogP contribution >= 0.6 is 0 Å². The smallest absolute Gasteiger partial charge is 0.339 e. The van der Waals surface area contributed by atoms with Gasteiger partial charge in [0.2, 0.25) is 0 Å². The van der Waals surface area contributed by atoms with Crippen molar-refractivity contribution in [1.29, 1.82) is 0 Å². The average molecular weight is 248 g/mol. The number of hydrogen-bond acceptors (Lipinski definition) is 5. The Bertz CT molecular complexity index is 509. The fourth-order valence-corrected chi connectivity index (χ4v) is 1.75. The molecule has 0 heterocycles. The molecule has 1 aromatic rings. The molecule has 0 bridgehead atoms. The third kappa shape index (κ3) is 2.48. The van der Waals surface area contributed by atoms with E-state index in [1.807, 2.05) is 0 Å². The lowest BCUT2D eigenvalue weighted by Gasteiger charge is -2.06. The first-order chi connectivity index (χ1) is 7.40. The highest BCUT2D eigenvalue weighted by molar-refractivity contribution is 7.86. The number of carbonyl (C=O) groups is 1. The van der Waals surface area contributed by atoms with Gasteiger partial charge in [0.25, 0.3) is 0 Å². The lowest BCUT2D eigenvalue weighted by Crippen LogP contribution is -2.08. The lowest BCUT2D eigenvalue weighted by atomic mass is 10.2. The number of benzene rings is 1. The van der Waals surface area contributed by atoms with Crippen LogP contribution in [0.25, 0.3) is 0 Å². The Labute approximate surface area is 92.0 Å². The summed E-state index contributed by atoms with van der Waals surface area (Å²) >= 11 is 0. The predicted molar refractivity (Wildman–Crippen MR) is 52.6 cm³/mol. The minimum Gasteiger partial charge on any atom is -0.497 e. The van der Waals surface area contributed by atoms with Gasteiger partial charge in [-0.1, -0.05) is 0 Å². The van der Waals surface area contributed by atoms with Crippen LogP contribution in [0.4, 0.5) is 3.89 Å². The van der Waals surface area contributed by atoms with E-state index < -0.39 is 26.7 Å². The highest BCUT2D eigenvalue weighted by Gasteiger charge is 2.23. The number of rotatable bonds is 3. The summed E-state index contributed by atoms with van der Waals surface area (Å²) in [7, 11) is -2.57. The van der Waals surface area contributed by atoms with E-state index in [-0.39, 0.29) is 5.75 Å². The minimum atomic E-state index is -4.97. The fraction of sp³-hybridized carbons (Fsp3) is 0.222. The van der Waals surface area contributed by atoms with Crippen LogP contribution in [0.1, 0.15) is 10.4 Å². The van der Waals surface area contributed by atoms with Gasteiger partial charge in [-0.25, -0.2) is 4.79 Å². The summed E-state index contributed by atoms with van der Waals surface area (Å²) in [5.74, 6) is -0.720. The Morgan fingerprint density at radius 3 is 2.38 bits per heavy atom. The molecule has 0 N–H and O–H groups in total. The van der Waals surface area contributed by atoms with Crippen molar-refractivity contribution >= 4 is 16.2 Å². The summed E-state index contributed by atoms with van der Waals surface area (Å²) in [5, 5.41) is 0. The van der Waals surface area contributed by atoms with E-state index in [1.54, 1.807) is 0 Å². The van der Waals surface area contributed by atoms with Gasteiger partial charge in [0, 0.05) is 0 Å². The van der Waals surface area contributed by atoms with Crippen molar-refractivity contribution < 1.29 is 26.6 Å². The van der Waals surface area contributed by atoms with Crippen molar-refractivity contribution in [2.75, 3.05) is 14.2 Å². The summed E-state index contributed by atoms with van der Waals surface area (Å²) in [4.78, 5) is 10.5. The van der Waals surface area contributed by atoms with E-state index in [0.717, 1.165) is 19.2 Å². The first-order valence-electron chi connectivity index (χ1n) is 4.11. The maximum absolute atomic E-state index is 12.8. The van der Waals surface area contributed by atoms with Crippen molar-refractivity contribution in [3.8, 4) is 5.75 Å². The molecule has 0 spiro atoms. The maximum Gasteiger partial charge on any atom is 0.339 e. The van der Waals surface area contributed by atoms with Crippen LogP contribution in [0.5, 0.6) is 5.75 Å². The van der Waals surface area contributed by atoms with Crippen LogP contribution in [-0.4, -0.2) is 28.6 Å². The van der Waals surface area contributed by atoms with Crippen LogP contribution in [0.15, 0.2) is 23.1 Å². The third-order valence-corrected chi connectivity index (χ3v) is 2.74. The van der Waals surface area contributed by atoms with E-state index in [2.05, 4.69) is 4.74 Å². The normalized spacial score (nSPS) is 10.9. The summed E-state index contributed by atoms with van der Waals surface area (Å²) < 4.78 is 43.5. The summed E-state index contributed by atoms with van der Waals surface area (Å²) in [6, 6.07) is 3.28. The van der Waals surface area contributed by atoms with Crippen LogP contribution in [0.3, 0.4) is 0 Å². The number of esters is 1. The number of ether oxygens (including phenoxy) is 2. The largest absolute Gasteiger partial charge is 0.497 e. The van der Waals surface area contributed by atoms with Crippen LogP contribution in [0, 0.1) is 0 Å². The van der Waals surface area contributed by atoms with Crippen molar-refractivity contribution in [3.05, 3.63) is 23.8 Å². The summed E-state index contributed by atoms with van der Waals surface area (Å²) in [6.45, 7) is 0. The van der Waals surface area contributed by atoms with Gasteiger partial charge < -0.3 is 9.47 Å². The molecular formula is C9H9FO5S. The molecule has 0 aromatic heterocycles. The zero-order valence-electron chi connectivity index (χ0n) is 8.56. The van der Waals surface area contributed by atoms with Crippen LogP contribution in [0.2, 0.25) is 0 Å². The highest BCUT2D eigenvalue weighted by Crippen LogP contribution is 2.23. The molecule has 0 atom stereocenters. The van der Waals surface area contributed by atoms with E-state index in [1.165, 1.54) is 13.2 Å². The van der Waals surface area contributed by atoms with E-state index in [4.69, 9.17) is 4.74 Å². The van der Waals surface area contributed by atoms with Gasteiger partial charge in [-0.3, -0.25) is 0 Å². The van der Waals surface area contributed by atoms with Crippen LogP contribution < -0.4 is 4.74 Å². The van der Waals surface area contributed by atoms with E-state index in [0.29, 0.717) is 0 Å². The van der Waals surface area contributed by atoms with Gasteiger partial charge in [-0.05, 0) is 18.2 Å². The van der Waals surface area contributed by atoms with Crippen molar-refractivity contribution in [2.24, 2.45) is 0 Å². The molecule has 0 unspecified atom stereocenters. The monoisotopic (exact) mass is 248 g/mol. The van der Waals surface area contributed by atoms with Gasteiger partial charge in [-0.15, -0.1) is 3.89 Å². The Kier molecular flexibility index (Phi) is 3.48. The molecule has 1 rings (SSSR count). The van der Waals surface area contributed by atoms with E-state index >= 15 is 0 Å². The number of methoxy groups -OCH3 is 2. The molecule has 0 fully saturated rings. The van der Waals surface area contributed by atoms with Crippen molar-refractivity contribution in [1.82, 2.24) is 0 Å². The first kappa shape index (κ1) is 12.4. The number of carbonyl (C=O) groups excluding carboxylic acids is 1. The standard InChI is InChI=1S/C9H9FO5S/c1-14-6-3-4-8(16(10,12)13)7(5-6)9(11)15-2/h3-5H,1-2H3. The second-order valence-electron chi connectivity index (χ2n) is 2.79. The molecule has 0 saturated heterocycles. The van der Waals surface area contributed by atoms with Gasteiger partial charge in [-0.2, -0.15) is 8.42 Å². The number of halogens is 1. The maximum atomic E-state index is 12.8. The van der Waals surface area contributed by atoms with Gasteiger partial charge in [0.1, 0.15) is 10.6 Å². The molecule has 0 amide bonds. The zero-order valence-corrected chi connectivity index (χ0v) is 9.38. The zero-order chi connectivity index (χ0) is 12.3. The lowest BCUT2D eigenvalue weighted by molar-refractivity contribution is 0.0595. The third-order valence-electron chi connectivity index (χ3n) is 1.85. The van der Waals surface area contributed by atoms with Gasteiger partial charge in [0.15, 0.2) is 0 Å².